The molecule has 194 valence electrons. The van der Waals surface area contributed by atoms with Gasteiger partial charge < -0.3 is 5.21 Å². The quantitative estimate of drug-likeness (QED) is 0.332. The van der Waals surface area contributed by atoms with Crippen molar-refractivity contribution in [2.75, 3.05) is 0 Å². The Morgan fingerprint density at radius 1 is 0.889 bits per heavy atom. The smallest absolute Gasteiger partial charge is 0.511 e. The van der Waals surface area contributed by atoms with Gasteiger partial charge in [0.15, 0.2) is 6.20 Å². The fourth-order valence-electron chi connectivity index (χ4n) is 3.08. The predicted molar refractivity (Wildman–Crippen MR) is 121 cm³/mol. The summed E-state index contributed by atoms with van der Waals surface area (Å²) in [5, 5.41) is 11.2. The molecule has 0 saturated heterocycles. The molecular formula is C20H16ClF3N2O7S3. The van der Waals surface area contributed by atoms with E-state index in [1.807, 2.05) is 0 Å². The molecule has 9 nitrogen and oxygen atoms in total. The van der Waals surface area contributed by atoms with Crippen molar-refractivity contribution in [1.29, 1.82) is 0 Å². The van der Waals surface area contributed by atoms with E-state index in [2.05, 4.69) is 0 Å². The van der Waals surface area contributed by atoms with Gasteiger partial charge in [0, 0.05) is 23.2 Å². The van der Waals surface area contributed by atoms with Crippen LogP contribution in [-0.2, 0) is 29.7 Å². The van der Waals surface area contributed by atoms with Crippen molar-refractivity contribution in [3.05, 3.63) is 82.7 Å². The van der Waals surface area contributed by atoms with Crippen LogP contribution in [-0.4, -0.2) is 30.8 Å². The number of nitrogens with one attached hydrogen (secondary N) is 1. The van der Waals surface area contributed by atoms with Gasteiger partial charge in [0.1, 0.15) is 0 Å². The molecule has 0 unspecified atom stereocenters. The van der Waals surface area contributed by atoms with Crippen molar-refractivity contribution in [3.8, 4) is 0 Å². The number of halogens is 4. The van der Waals surface area contributed by atoms with E-state index in [1.165, 1.54) is 16.9 Å². The second kappa shape index (κ2) is 9.63. The molecule has 2 aromatic carbocycles. The molecule has 0 aliphatic heterocycles. The zero-order chi connectivity index (χ0) is 27.1. The number of sulfone groups is 2. The highest BCUT2D eigenvalue weighted by atomic mass is 35.5. The van der Waals surface area contributed by atoms with Crippen LogP contribution in [0.25, 0.3) is 0 Å². The van der Waals surface area contributed by atoms with Gasteiger partial charge in [0.2, 0.25) is 9.84 Å². The van der Waals surface area contributed by atoms with Crippen LogP contribution in [0.4, 0.5) is 13.2 Å². The van der Waals surface area contributed by atoms with Crippen LogP contribution >= 0.6 is 11.6 Å². The van der Waals surface area contributed by atoms with Crippen molar-refractivity contribution < 1.29 is 43.2 Å². The minimum Gasteiger partial charge on any atom is -0.618 e. The van der Waals surface area contributed by atoms with Crippen molar-refractivity contribution in [2.24, 2.45) is 0 Å². The zero-order valence-corrected chi connectivity index (χ0v) is 21.2. The van der Waals surface area contributed by atoms with E-state index in [9.17, 15) is 43.6 Å². The molecule has 1 heterocycles. The highest BCUT2D eigenvalue weighted by molar-refractivity contribution is 7.94. The Labute approximate surface area is 209 Å². The molecule has 0 fully saturated rings. The van der Waals surface area contributed by atoms with Crippen LogP contribution in [0, 0.1) is 5.21 Å². The molecule has 1 atom stereocenters. The number of hydrogen-bond donors (Lipinski definition) is 1. The maximum Gasteiger partial charge on any atom is 0.511 e. The van der Waals surface area contributed by atoms with E-state index in [0.29, 0.717) is 0 Å². The minimum absolute atomic E-state index is 0.00223. The third kappa shape index (κ3) is 5.34. The molecule has 0 aliphatic rings. The highest BCUT2D eigenvalue weighted by Gasteiger charge is 2.46. The number of hydrogen-bond acceptors (Lipinski definition) is 7. The maximum absolute atomic E-state index is 13.3. The van der Waals surface area contributed by atoms with E-state index in [1.54, 1.807) is 0 Å². The Hall–Kier alpha value is -2.72. The molecule has 0 spiro atoms. The van der Waals surface area contributed by atoms with E-state index >= 15 is 0 Å². The van der Waals surface area contributed by atoms with Gasteiger partial charge in [-0.05, 0) is 48.9 Å². The molecule has 16 heteroatoms. The largest absolute Gasteiger partial charge is 0.618 e. The molecule has 36 heavy (non-hydrogen) atoms. The van der Waals surface area contributed by atoms with Crippen molar-refractivity contribution in [2.45, 2.75) is 38.2 Å². The number of benzene rings is 2. The lowest BCUT2D eigenvalue weighted by Gasteiger charge is -2.17. The summed E-state index contributed by atoms with van der Waals surface area (Å²) in [5.41, 5.74) is -5.54. The Bertz CT molecular complexity index is 1630. The average Bonchev–Trinajstić information content (AvgIpc) is 2.78. The summed E-state index contributed by atoms with van der Waals surface area (Å²) >= 11 is 5.91. The SMILES string of the molecule is C[C@H](NS(=O)(=O)C(F)(F)F)c1ccc(S(=O)(=O)c2ccc(Cl)cc2S(=O)(=O)c2cccc[n+]2[O-])cc1. The molecule has 1 aromatic heterocycles. The fraction of sp³-hybridized carbons (Fsp3) is 0.150. The Balaban J connectivity index is 2.05. The molecule has 0 saturated carbocycles. The van der Waals surface area contributed by atoms with Gasteiger partial charge in [0.05, 0.1) is 14.7 Å². The summed E-state index contributed by atoms with van der Waals surface area (Å²) in [4.78, 5) is -1.91. The number of alkyl halides is 3. The maximum atomic E-state index is 13.3. The monoisotopic (exact) mass is 584 g/mol. The summed E-state index contributed by atoms with van der Waals surface area (Å²) in [6, 6.07) is 9.21. The third-order valence-electron chi connectivity index (χ3n) is 4.88. The normalized spacial score (nSPS) is 13.9. The molecule has 0 amide bonds. The van der Waals surface area contributed by atoms with Gasteiger partial charge >= 0.3 is 20.6 Å². The lowest BCUT2D eigenvalue weighted by molar-refractivity contribution is -0.646. The molecule has 0 aliphatic carbocycles. The first-order valence-electron chi connectivity index (χ1n) is 9.65. The van der Waals surface area contributed by atoms with Gasteiger partial charge in [-0.1, -0.05) is 23.7 Å². The lowest BCUT2D eigenvalue weighted by atomic mass is 10.1. The summed E-state index contributed by atoms with van der Waals surface area (Å²) in [5.74, 6) is 0. The number of nitrogens with zero attached hydrogens (tertiary/aromatic N) is 1. The van der Waals surface area contributed by atoms with Crippen LogP contribution < -0.4 is 9.45 Å². The summed E-state index contributed by atoms with van der Waals surface area (Å²) in [6.07, 6.45) is 0.915. The lowest BCUT2D eigenvalue weighted by Crippen LogP contribution is -2.37. The van der Waals surface area contributed by atoms with Gasteiger partial charge in [-0.25, -0.2) is 30.0 Å². The van der Waals surface area contributed by atoms with Crippen molar-refractivity contribution >= 4 is 41.3 Å². The van der Waals surface area contributed by atoms with Crippen molar-refractivity contribution in [1.82, 2.24) is 4.72 Å². The Morgan fingerprint density at radius 3 is 2.06 bits per heavy atom. The van der Waals surface area contributed by atoms with Crippen LogP contribution in [0.2, 0.25) is 5.02 Å². The highest BCUT2D eigenvalue weighted by Crippen LogP contribution is 2.33. The topological polar surface area (TPSA) is 141 Å². The molecule has 1 N–H and O–H groups in total. The van der Waals surface area contributed by atoms with Crippen LogP contribution in [0.5, 0.6) is 0 Å². The van der Waals surface area contributed by atoms with E-state index in [4.69, 9.17) is 11.6 Å². The third-order valence-corrected chi connectivity index (χ3v) is 10.1. The van der Waals surface area contributed by atoms with E-state index < -0.39 is 61.0 Å². The van der Waals surface area contributed by atoms with Gasteiger partial charge in [-0.3, -0.25) is 0 Å². The molecule has 3 rings (SSSR count). The second-order valence-corrected chi connectivity index (χ2v) is 13.2. The fourth-order valence-corrected chi connectivity index (χ4v) is 7.42. The first-order chi connectivity index (χ1) is 16.5. The molecule has 0 bridgehead atoms. The minimum atomic E-state index is -5.66. The van der Waals surface area contributed by atoms with Gasteiger partial charge in [-0.15, -0.1) is 0 Å². The summed E-state index contributed by atoms with van der Waals surface area (Å²) in [7, 11) is -14.9. The molecular weight excluding hydrogens is 569 g/mol. The van der Waals surface area contributed by atoms with E-state index in [-0.39, 0.29) is 15.3 Å². The number of rotatable bonds is 7. The summed E-state index contributed by atoms with van der Waals surface area (Å²) in [6.45, 7) is 1.12. The van der Waals surface area contributed by atoms with Crippen LogP contribution in [0.15, 0.2) is 86.6 Å². The number of aromatic nitrogens is 1. The first-order valence-corrected chi connectivity index (χ1v) is 14.5. The molecule has 3 aromatic rings. The van der Waals surface area contributed by atoms with Crippen molar-refractivity contribution in [3.63, 3.8) is 0 Å². The van der Waals surface area contributed by atoms with Gasteiger partial charge in [0.25, 0.3) is 9.84 Å². The number of pyridine rings is 1. The average molecular weight is 585 g/mol. The van der Waals surface area contributed by atoms with E-state index in [0.717, 1.165) is 61.7 Å². The van der Waals surface area contributed by atoms with Gasteiger partial charge in [-0.2, -0.15) is 17.9 Å². The number of sulfonamides is 1. The summed E-state index contributed by atoms with van der Waals surface area (Å²) < 4.78 is 115. The predicted octanol–water partition coefficient (Wildman–Crippen LogP) is 3.14. The van der Waals surface area contributed by atoms with Crippen LogP contribution in [0.3, 0.4) is 0 Å². The Morgan fingerprint density at radius 2 is 1.50 bits per heavy atom. The first kappa shape index (κ1) is 27.9. The standard InChI is InChI=1S/C20H16ClF3N2O7S3/c1-13(25-36(32,33)20(22,23)24)14-5-8-16(9-6-14)34(28,29)17-10-7-15(21)12-18(17)35(30,31)19-4-2-3-11-26(19)27/h2-13,25H,1H3/t13-/m0/s1. The van der Waals surface area contributed by atoms with Crippen LogP contribution in [0.1, 0.15) is 18.5 Å². The second-order valence-electron chi connectivity index (χ2n) is 7.32. The molecule has 0 radical (unpaired) electrons. The zero-order valence-electron chi connectivity index (χ0n) is 18.0. The Kier molecular flexibility index (Phi) is 7.45.